The van der Waals surface area contributed by atoms with Crippen LogP contribution in [0.15, 0.2) is 52.5 Å². The third kappa shape index (κ3) is 5.37. The number of anilines is 1. The summed E-state index contributed by atoms with van der Waals surface area (Å²) in [5.74, 6) is 0.626. The van der Waals surface area contributed by atoms with Crippen LogP contribution in [0.5, 0.6) is 11.5 Å². The molecule has 0 radical (unpaired) electrons. The first-order valence-electron chi connectivity index (χ1n) is 8.77. The highest BCUT2D eigenvalue weighted by Crippen LogP contribution is 2.23. The second-order valence-electron chi connectivity index (χ2n) is 5.67. The summed E-state index contributed by atoms with van der Waals surface area (Å²) in [4.78, 5) is 4.31. The molecule has 146 valence electrons. The van der Waals surface area contributed by atoms with Crippen molar-refractivity contribution in [3.63, 3.8) is 0 Å². The molecular weight excluding hydrogens is 366 g/mol. The lowest BCUT2D eigenvalue weighted by atomic mass is 10.2. The van der Waals surface area contributed by atoms with Crippen LogP contribution in [0.2, 0.25) is 0 Å². The van der Waals surface area contributed by atoms with Gasteiger partial charge < -0.3 is 14.7 Å². The van der Waals surface area contributed by atoms with Crippen LogP contribution >= 0.6 is 0 Å². The van der Waals surface area contributed by atoms with Gasteiger partial charge in [-0.05, 0) is 57.2 Å². The van der Waals surface area contributed by atoms with Gasteiger partial charge in [0.1, 0.15) is 11.5 Å². The van der Waals surface area contributed by atoms with Gasteiger partial charge in [-0.25, -0.2) is 4.83 Å². The summed E-state index contributed by atoms with van der Waals surface area (Å²) >= 11 is 0. The monoisotopic (exact) mass is 391 g/mol. The van der Waals surface area contributed by atoms with Crippen LogP contribution in [0.3, 0.4) is 0 Å². The van der Waals surface area contributed by atoms with Crippen molar-refractivity contribution in [3.05, 3.63) is 48.0 Å². The van der Waals surface area contributed by atoms with Crippen LogP contribution in [-0.4, -0.2) is 39.4 Å². The molecule has 0 spiro atoms. The van der Waals surface area contributed by atoms with Crippen molar-refractivity contribution >= 4 is 21.9 Å². The Hall–Kier alpha value is -2.74. The molecule has 0 amide bonds. The zero-order valence-electron chi connectivity index (χ0n) is 15.7. The number of aromatic hydroxyl groups is 1. The Labute approximate surface area is 160 Å². The van der Waals surface area contributed by atoms with E-state index in [2.05, 4.69) is 14.8 Å². The average molecular weight is 391 g/mol. The van der Waals surface area contributed by atoms with E-state index in [1.54, 1.807) is 24.3 Å². The van der Waals surface area contributed by atoms with E-state index in [0.717, 1.165) is 18.8 Å². The molecule has 0 saturated carbocycles. The SMILES string of the molecule is CCOc1ccc(S(=O)(=O)N/N=C/c2ccc(N(CC)CC)cc2O)cc1. The van der Waals surface area contributed by atoms with E-state index >= 15 is 0 Å². The maximum Gasteiger partial charge on any atom is 0.276 e. The van der Waals surface area contributed by atoms with Crippen LogP contribution in [-0.2, 0) is 10.0 Å². The molecule has 0 heterocycles. The van der Waals surface area contributed by atoms with E-state index in [1.165, 1.54) is 18.3 Å². The fraction of sp³-hybridized carbons (Fsp3) is 0.316. The van der Waals surface area contributed by atoms with Crippen LogP contribution in [0.1, 0.15) is 26.3 Å². The Bertz CT molecular complexity index is 876. The van der Waals surface area contributed by atoms with E-state index in [0.29, 0.717) is 17.9 Å². The number of nitrogens with one attached hydrogen (secondary N) is 1. The lowest BCUT2D eigenvalue weighted by Gasteiger charge is -2.21. The standard InChI is InChI=1S/C19H25N3O4S/c1-4-22(5-2)16-8-7-15(19(23)13-16)14-20-21-27(24,25)18-11-9-17(10-12-18)26-6-3/h7-14,21,23H,4-6H2,1-3H3/b20-14+. The number of sulfonamides is 1. The van der Waals surface area contributed by atoms with Crippen molar-refractivity contribution in [1.82, 2.24) is 4.83 Å². The van der Waals surface area contributed by atoms with Crippen LogP contribution < -0.4 is 14.5 Å². The molecule has 0 fully saturated rings. The predicted octanol–water partition coefficient (Wildman–Crippen LogP) is 2.95. The normalized spacial score (nSPS) is 11.5. The molecule has 0 aliphatic rings. The molecule has 0 aliphatic carbocycles. The number of nitrogens with zero attached hydrogens (tertiary/aromatic N) is 2. The summed E-state index contributed by atoms with van der Waals surface area (Å²) in [6.07, 6.45) is 1.27. The molecule has 2 aromatic carbocycles. The van der Waals surface area contributed by atoms with Gasteiger partial charge in [0.2, 0.25) is 0 Å². The molecule has 27 heavy (non-hydrogen) atoms. The summed E-state index contributed by atoms with van der Waals surface area (Å²) < 4.78 is 29.8. The van der Waals surface area contributed by atoms with Gasteiger partial charge >= 0.3 is 0 Å². The minimum Gasteiger partial charge on any atom is -0.507 e. The van der Waals surface area contributed by atoms with E-state index in [-0.39, 0.29) is 10.6 Å². The molecule has 0 bridgehead atoms. The summed E-state index contributed by atoms with van der Waals surface area (Å²) in [6, 6.07) is 11.2. The molecule has 0 unspecified atom stereocenters. The van der Waals surface area contributed by atoms with E-state index in [9.17, 15) is 13.5 Å². The summed E-state index contributed by atoms with van der Waals surface area (Å²) in [5, 5.41) is 13.9. The lowest BCUT2D eigenvalue weighted by molar-refractivity contribution is 0.340. The molecular formula is C19H25N3O4S. The molecule has 7 nitrogen and oxygen atoms in total. The third-order valence-electron chi connectivity index (χ3n) is 3.96. The predicted molar refractivity (Wildman–Crippen MR) is 107 cm³/mol. The topological polar surface area (TPSA) is 91.2 Å². The van der Waals surface area contributed by atoms with Gasteiger partial charge in [0.25, 0.3) is 10.0 Å². The maximum atomic E-state index is 12.3. The molecule has 0 saturated heterocycles. The molecule has 2 N–H and O–H groups in total. The smallest absolute Gasteiger partial charge is 0.276 e. The number of phenols is 1. The van der Waals surface area contributed by atoms with E-state index in [4.69, 9.17) is 4.74 Å². The van der Waals surface area contributed by atoms with Gasteiger partial charge in [0, 0.05) is 30.4 Å². The van der Waals surface area contributed by atoms with E-state index in [1.807, 2.05) is 26.8 Å². The highest BCUT2D eigenvalue weighted by Gasteiger charge is 2.13. The number of rotatable bonds is 9. The number of hydrazone groups is 1. The van der Waals surface area contributed by atoms with Crippen molar-refractivity contribution in [3.8, 4) is 11.5 Å². The molecule has 8 heteroatoms. The highest BCUT2D eigenvalue weighted by atomic mass is 32.2. The Morgan fingerprint density at radius 1 is 1.11 bits per heavy atom. The van der Waals surface area contributed by atoms with Crippen molar-refractivity contribution in [2.45, 2.75) is 25.7 Å². The Kier molecular flexibility index (Phi) is 7.06. The Balaban J connectivity index is 2.09. The number of phenolic OH excluding ortho intramolecular Hbond substituents is 1. The molecule has 0 aromatic heterocycles. The average Bonchev–Trinajstić information content (AvgIpc) is 2.65. The van der Waals surface area contributed by atoms with Gasteiger partial charge in [-0.15, -0.1) is 0 Å². The largest absolute Gasteiger partial charge is 0.507 e. The van der Waals surface area contributed by atoms with Gasteiger partial charge in [-0.2, -0.15) is 13.5 Å². The molecule has 0 atom stereocenters. The molecule has 0 aliphatic heterocycles. The van der Waals surface area contributed by atoms with Gasteiger partial charge in [-0.1, -0.05) is 0 Å². The minimum atomic E-state index is -3.80. The highest BCUT2D eigenvalue weighted by molar-refractivity contribution is 7.89. The number of ether oxygens (including phenoxy) is 1. The van der Waals surface area contributed by atoms with Crippen molar-refractivity contribution in [2.75, 3.05) is 24.6 Å². The Morgan fingerprint density at radius 3 is 2.33 bits per heavy atom. The van der Waals surface area contributed by atoms with E-state index < -0.39 is 10.0 Å². The lowest BCUT2D eigenvalue weighted by Crippen LogP contribution is -2.21. The first-order chi connectivity index (χ1) is 12.9. The van der Waals surface area contributed by atoms with Crippen molar-refractivity contribution in [1.29, 1.82) is 0 Å². The van der Waals surface area contributed by atoms with Gasteiger partial charge in [0.05, 0.1) is 17.7 Å². The van der Waals surface area contributed by atoms with Crippen LogP contribution in [0.4, 0.5) is 5.69 Å². The second-order valence-corrected chi connectivity index (χ2v) is 7.33. The zero-order valence-corrected chi connectivity index (χ0v) is 16.5. The molecule has 2 rings (SSSR count). The first-order valence-corrected chi connectivity index (χ1v) is 10.2. The number of hydrogen-bond acceptors (Lipinski definition) is 6. The summed E-state index contributed by atoms with van der Waals surface area (Å²) in [6.45, 7) is 8.07. The van der Waals surface area contributed by atoms with Crippen LogP contribution in [0.25, 0.3) is 0 Å². The quantitative estimate of drug-likeness (QED) is 0.507. The summed E-state index contributed by atoms with van der Waals surface area (Å²) in [5.41, 5.74) is 1.31. The minimum absolute atomic E-state index is 0.0309. The fourth-order valence-corrected chi connectivity index (χ4v) is 3.32. The molecule has 2 aromatic rings. The zero-order chi connectivity index (χ0) is 19.9. The third-order valence-corrected chi connectivity index (χ3v) is 5.20. The van der Waals surface area contributed by atoms with Crippen molar-refractivity contribution < 1.29 is 18.3 Å². The fourth-order valence-electron chi connectivity index (χ4n) is 2.53. The van der Waals surface area contributed by atoms with Gasteiger partial charge in [0.15, 0.2) is 0 Å². The van der Waals surface area contributed by atoms with Crippen LogP contribution in [0, 0.1) is 0 Å². The number of hydrogen-bond donors (Lipinski definition) is 2. The Morgan fingerprint density at radius 2 is 1.78 bits per heavy atom. The summed E-state index contributed by atoms with van der Waals surface area (Å²) in [7, 11) is -3.80. The second kappa shape index (κ2) is 9.27. The maximum absolute atomic E-state index is 12.3. The first kappa shape index (κ1) is 20.6. The van der Waals surface area contributed by atoms with Crippen molar-refractivity contribution in [2.24, 2.45) is 5.10 Å². The van der Waals surface area contributed by atoms with Gasteiger partial charge in [-0.3, -0.25) is 0 Å². The number of benzene rings is 2.